The molecule has 1 aliphatic rings. The van der Waals surface area contributed by atoms with Gasteiger partial charge in [-0.15, -0.1) is 0 Å². The fourth-order valence-corrected chi connectivity index (χ4v) is 3.42. The van der Waals surface area contributed by atoms with Crippen molar-refractivity contribution in [2.24, 2.45) is 5.92 Å². The van der Waals surface area contributed by atoms with Gasteiger partial charge in [0, 0.05) is 0 Å². The molecule has 0 atom stereocenters. The molecule has 8 heteroatoms. The lowest BCUT2D eigenvalue weighted by Crippen LogP contribution is -2.58. The maximum Gasteiger partial charge on any atom is 0.407 e. The molecular weight excluding hydrogens is 326 g/mol. The minimum atomic E-state index is -5.52. The van der Waals surface area contributed by atoms with Crippen molar-refractivity contribution in [2.45, 2.75) is 43.5 Å². The van der Waals surface area contributed by atoms with Gasteiger partial charge in [-0.2, -0.15) is 26.3 Å². The van der Waals surface area contributed by atoms with Crippen molar-refractivity contribution in [2.75, 3.05) is 0 Å². The predicted molar refractivity (Wildman–Crippen MR) is 69.1 cm³/mol. The van der Waals surface area contributed by atoms with Crippen molar-refractivity contribution in [1.29, 1.82) is 0 Å². The van der Waals surface area contributed by atoms with E-state index in [1.54, 1.807) is 0 Å². The van der Waals surface area contributed by atoms with Crippen molar-refractivity contribution in [3.05, 3.63) is 35.4 Å². The summed E-state index contributed by atoms with van der Waals surface area (Å²) in [6.45, 7) is 0. The topological polar surface area (TPSA) is 37.3 Å². The summed E-state index contributed by atoms with van der Waals surface area (Å²) < 4.78 is 81.8. The van der Waals surface area contributed by atoms with Crippen LogP contribution in [0.2, 0.25) is 0 Å². The van der Waals surface area contributed by atoms with E-state index in [0.717, 1.165) is 12.1 Å². The number of carboxylic acid groups (broad SMARTS) is 1. The lowest BCUT2D eigenvalue weighted by atomic mass is 9.67. The van der Waals surface area contributed by atoms with Crippen LogP contribution in [0.15, 0.2) is 24.3 Å². The number of carboxylic acids is 1. The Morgan fingerprint density at radius 3 is 1.70 bits per heavy atom. The van der Waals surface area contributed by atoms with Crippen molar-refractivity contribution in [3.8, 4) is 0 Å². The van der Waals surface area contributed by atoms with Crippen LogP contribution in [0.4, 0.5) is 26.3 Å². The lowest BCUT2D eigenvalue weighted by molar-refractivity contribution is -0.318. The monoisotopic (exact) mass is 340 g/mol. The van der Waals surface area contributed by atoms with E-state index < -0.39 is 35.2 Å². The standard InChI is InChI=1S/C15H14F6O2/c16-14(17,18)13(15(19,20)21,10-3-1-2-4-10)11-7-5-9(6-8-11)12(22)23/h5-8,10H,1-4H2,(H,22,23). The van der Waals surface area contributed by atoms with Gasteiger partial charge in [-0.3, -0.25) is 0 Å². The number of alkyl halides is 6. The molecule has 128 valence electrons. The Kier molecular flexibility index (Phi) is 4.38. The molecule has 2 rings (SSSR count). The van der Waals surface area contributed by atoms with Gasteiger partial charge < -0.3 is 5.11 Å². The molecule has 0 spiro atoms. The van der Waals surface area contributed by atoms with E-state index in [2.05, 4.69) is 0 Å². The average Bonchev–Trinajstić information content (AvgIpc) is 2.90. The van der Waals surface area contributed by atoms with E-state index in [1.165, 1.54) is 0 Å². The van der Waals surface area contributed by atoms with Crippen LogP contribution in [0, 0.1) is 5.92 Å². The molecule has 0 bridgehead atoms. The number of halogens is 6. The molecule has 1 aromatic rings. The van der Waals surface area contributed by atoms with Crippen molar-refractivity contribution in [1.82, 2.24) is 0 Å². The molecule has 0 aliphatic heterocycles. The highest BCUT2D eigenvalue weighted by Crippen LogP contribution is 2.59. The summed E-state index contributed by atoms with van der Waals surface area (Å²) in [5.74, 6) is -3.01. The van der Waals surface area contributed by atoms with Crippen LogP contribution < -0.4 is 0 Å². The maximum absolute atomic E-state index is 13.6. The molecule has 1 fully saturated rings. The van der Waals surface area contributed by atoms with Crippen LogP contribution in [0.3, 0.4) is 0 Å². The van der Waals surface area contributed by atoms with Gasteiger partial charge in [-0.25, -0.2) is 4.79 Å². The van der Waals surface area contributed by atoms with E-state index >= 15 is 0 Å². The van der Waals surface area contributed by atoms with Gasteiger partial charge in [-0.1, -0.05) is 25.0 Å². The molecule has 0 unspecified atom stereocenters. The lowest BCUT2D eigenvalue weighted by Gasteiger charge is -2.42. The van der Waals surface area contributed by atoms with Crippen molar-refractivity contribution < 1.29 is 36.2 Å². The Morgan fingerprint density at radius 1 is 0.913 bits per heavy atom. The third-order valence-corrected chi connectivity index (χ3v) is 4.45. The summed E-state index contributed by atoms with van der Waals surface area (Å²) in [5, 5.41) is 8.77. The second-order valence-corrected chi connectivity index (χ2v) is 5.67. The number of benzene rings is 1. The average molecular weight is 340 g/mol. The van der Waals surface area contributed by atoms with Gasteiger partial charge in [-0.05, 0) is 36.5 Å². The Balaban J connectivity index is 2.67. The molecule has 1 aliphatic carbocycles. The first-order chi connectivity index (χ1) is 10.5. The number of hydrogen-bond acceptors (Lipinski definition) is 1. The normalized spacial score (nSPS) is 17.5. The summed E-state index contributed by atoms with van der Waals surface area (Å²) in [6.07, 6.45) is -10.8. The number of rotatable bonds is 3. The quantitative estimate of drug-likeness (QED) is 0.792. The first kappa shape index (κ1) is 17.6. The second-order valence-electron chi connectivity index (χ2n) is 5.67. The Labute approximate surface area is 128 Å². The number of carbonyl (C=O) groups is 1. The maximum atomic E-state index is 13.6. The second kappa shape index (κ2) is 5.72. The van der Waals surface area contributed by atoms with E-state index in [4.69, 9.17) is 5.11 Å². The SMILES string of the molecule is O=C(O)c1ccc(C(C2CCCC2)(C(F)(F)F)C(F)(F)F)cc1. The van der Waals surface area contributed by atoms with Gasteiger partial charge >= 0.3 is 18.3 Å². The van der Waals surface area contributed by atoms with Crippen LogP contribution in [0.1, 0.15) is 41.6 Å². The summed E-state index contributed by atoms with van der Waals surface area (Å²) >= 11 is 0. The van der Waals surface area contributed by atoms with Crippen LogP contribution in [0.5, 0.6) is 0 Å². The predicted octanol–water partition coefficient (Wildman–Crippen LogP) is 4.94. The summed E-state index contributed by atoms with van der Waals surface area (Å²) in [7, 11) is 0. The van der Waals surface area contributed by atoms with Crippen LogP contribution in [-0.2, 0) is 5.41 Å². The largest absolute Gasteiger partial charge is 0.478 e. The molecule has 1 saturated carbocycles. The number of aromatic carboxylic acids is 1. The molecule has 23 heavy (non-hydrogen) atoms. The van der Waals surface area contributed by atoms with E-state index in [0.29, 0.717) is 25.0 Å². The highest BCUT2D eigenvalue weighted by atomic mass is 19.4. The van der Waals surface area contributed by atoms with Gasteiger partial charge in [0.2, 0.25) is 0 Å². The number of hydrogen-bond donors (Lipinski definition) is 1. The molecule has 0 saturated heterocycles. The van der Waals surface area contributed by atoms with Crippen LogP contribution in [-0.4, -0.2) is 23.4 Å². The van der Waals surface area contributed by atoms with Crippen LogP contribution >= 0.6 is 0 Å². The van der Waals surface area contributed by atoms with Gasteiger partial charge in [0.25, 0.3) is 0 Å². The third-order valence-electron chi connectivity index (χ3n) is 4.45. The van der Waals surface area contributed by atoms with Crippen molar-refractivity contribution in [3.63, 3.8) is 0 Å². The summed E-state index contributed by atoms with van der Waals surface area (Å²) in [6, 6.07) is 2.81. The molecule has 0 radical (unpaired) electrons. The smallest absolute Gasteiger partial charge is 0.407 e. The zero-order valence-corrected chi connectivity index (χ0v) is 11.8. The fraction of sp³-hybridized carbons (Fsp3) is 0.533. The van der Waals surface area contributed by atoms with E-state index in [9.17, 15) is 31.1 Å². The van der Waals surface area contributed by atoms with Crippen LogP contribution in [0.25, 0.3) is 0 Å². The zero-order valence-electron chi connectivity index (χ0n) is 11.8. The minimum absolute atomic E-state index is 0.167. The Morgan fingerprint density at radius 2 is 1.35 bits per heavy atom. The zero-order chi connectivity index (χ0) is 17.5. The highest BCUT2D eigenvalue weighted by Gasteiger charge is 2.74. The Hall–Kier alpha value is -1.73. The summed E-state index contributed by atoms with van der Waals surface area (Å²) in [5.41, 5.74) is -5.28. The summed E-state index contributed by atoms with van der Waals surface area (Å²) in [4.78, 5) is 10.8. The minimum Gasteiger partial charge on any atom is -0.478 e. The van der Waals surface area contributed by atoms with Gasteiger partial charge in [0.15, 0.2) is 5.41 Å². The molecule has 2 nitrogen and oxygen atoms in total. The first-order valence-corrected chi connectivity index (χ1v) is 6.99. The molecule has 1 N–H and O–H groups in total. The van der Waals surface area contributed by atoms with Gasteiger partial charge in [0.05, 0.1) is 5.56 Å². The molecule has 0 heterocycles. The molecule has 0 aromatic heterocycles. The van der Waals surface area contributed by atoms with E-state index in [-0.39, 0.29) is 18.4 Å². The highest BCUT2D eigenvalue weighted by molar-refractivity contribution is 5.87. The Bertz CT molecular complexity index is 553. The third kappa shape index (κ3) is 2.79. The molecule has 1 aromatic carbocycles. The first-order valence-electron chi connectivity index (χ1n) is 6.99. The molecular formula is C15H14F6O2. The van der Waals surface area contributed by atoms with Gasteiger partial charge in [0.1, 0.15) is 0 Å². The molecule has 0 amide bonds. The van der Waals surface area contributed by atoms with Crippen molar-refractivity contribution >= 4 is 5.97 Å². The van der Waals surface area contributed by atoms with E-state index in [1.807, 2.05) is 0 Å². The fourth-order valence-electron chi connectivity index (χ4n) is 3.42.